The summed E-state index contributed by atoms with van der Waals surface area (Å²) in [6.45, 7) is 4.62. The van der Waals surface area contributed by atoms with Crippen LogP contribution < -0.4 is 15.5 Å². The summed E-state index contributed by atoms with van der Waals surface area (Å²) in [5.41, 5.74) is 1.99. The van der Waals surface area contributed by atoms with Crippen molar-refractivity contribution in [3.05, 3.63) is 48.4 Å². The molecule has 6 nitrogen and oxygen atoms in total. The zero-order chi connectivity index (χ0) is 16.8. The van der Waals surface area contributed by atoms with E-state index in [-0.39, 0.29) is 6.03 Å². The standard InChI is InChI=1S/C18H23N5O/c1-14-2-4-16(5-3-14)22-18(24)21-12-15-6-10-23(11-7-15)17-13-19-8-9-20-17/h2-5,8-9,13,15H,6-7,10-12H2,1H3,(H2,21,22,24). The number of rotatable bonds is 4. The van der Waals surface area contributed by atoms with E-state index in [1.807, 2.05) is 31.2 Å². The Kier molecular flexibility index (Phi) is 5.25. The maximum absolute atomic E-state index is 12.0. The average Bonchev–Trinajstić information content (AvgIpc) is 2.63. The van der Waals surface area contributed by atoms with Gasteiger partial charge in [0.1, 0.15) is 5.82 Å². The van der Waals surface area contributed by atoms with Crippen molar-refractivity contribution in [2.45, 2.75) is 19.8 Å². The van der Waals surface area contributed by atoms with Crippen LogP contribution >= 0.6 is 0 Å². The Morgan fingerprint density at radius 2 is 1.96 bits per heavy atom. The fraction of sp³-hybridized carbons (Fsp3) is 0.389. The lowest BCUT2D eigenvalue weighted by atomic mass is 9.97. The van der Waals surface area contributed by atoms with Gasteiger partial charge in [0.2, 0.25) is 0 Å². The predicted octanol–water partition coefficient (Wildman–Crippen LogP) is 2.82. The molecule has 6 heteroatoms. The number of benzene rings is 1. The summed E-state index contributed by atoms with van der Waals surface area (Å²) in [6.07, 6.45) is 7.29. The average molecular weight is 325 g/mol. The molecule has 1 aromatic carbocycles. The van der Waals surface area contributed by atoms with Crippen LogP contribution in [0.2, 0.25) is 0 Å². The topological polar surface area (TPSA) is 70.2 Å². The third-order valence-electron chi connectivity index (χ3n) is 4.35. The summed E-state index contributed by atoms with van der Waals surface area (Å²) >= 11 is 0. The van der Waals surface area contributed by atoms with Crippen LogP contribution in [0.1, 0.15) is 18.4 Å². The second-order valence-electron chi connectivity index (χ2n) is 6.20. The molecule has 0 unspecified atom stereocenters. The first-order chi connectivity index (χ1) is 11.7. The number of nitrogens with one attached hydrogen (secondary N) is 2. The normalized spacial score (nSPS) is 15.1. The van der Waals surface area contributed by atoms with Gasteiger partial charge in [-0.05, 0) is 37.8 Å². The van der Waals surface area contributed by atoms with Gasteiger partial charge in [-0.3, -0.25) is 4.98 Å². The Morgan fingerprint density at radius 3 is 2.62 bits per heavy atom. The highest BCUT2D eigenvalue weighted by molar-refractivity contribution is 5.89. The molecule has 1 aromatic heterocycles. The Morgan fingerprint density at radius 1 is 1.21 bits per heavy atom. The van der Waals surface area contributed by atoms with E-state index in [1.165, 1.54) is 5.56 Å². The van der Waals surface area contributed by atoms with Gasteiger partial charge in [-0.25, -0.2) is 9.78 Å². The van der Waals surface area contributed by atoms with Crippen molar-refractivity contribution in [1.29, 1.82) is 0 Å². The number of aryl methyl sites for hydroxylation is 1. The van der Waals surface area contributed by atoms with Crippen LogP contribution in [-0.2, 0) is 0 Å². The smallest absolute Gasteiger partial charge is 0.319 e. The number of urea groups is 1. The minimum absolute atomic E-state index is 0.143. The molecular weight excluding hydrogens is 302 g/mol. The molecule has 3 rings (SSSR count). The van der Waals surface area contributed by atoms with Crippen molar-refractivity contribution in [2.75, 3.05) is 29.9 Å². The number of amides is 2. The van der Waals surface area contributed by atoms with Crippen molar-refractivity contribution in [3.8, 4) is 0 Å². The quantitative estimate of drug-likeness (QED) is 0.907. The Labute approximate surface area is 142 Å². The third-order valence-corrected chi connectivity index (χ3v) is 4.35. The van der Waals surface area contributed by atoms with Gasteiger partial charge in [0.15, 0.2) is 0 Å². The summed E-state index contributed by atoms with van der Waals surface area (Å²) < 4.78 is 0. The molecule has 1 fully saturated rings. The number of anilines is 2. The zero-order valence-corrected chi connectivity index (χ0v) is 13.9. The predicted molar refractivity (Wildman–Crippen MR) is 95.2 cm³/mol. The lowest BCUT2D eigenvalue weighted by Gasteiger charge is -2.32. The largest absolute Gasteiger partial charge is 0.355 e. The molecule has 24 heavy (non-hydrogen) atoms. The Hall–Kier alpha value is -2.63. The van der Waals surface area contributed by atoms with Crippen molar-refractivity contribution in [2.24, 2.45) is 5.92 Å². The summed E-state index contributed by atoms with van der Waals surface area (Å²) in [5.74, 6) is 1.43. The van der Waals surface area contributed by atoms with Crippen LogP contribution in [0.3, 0.4) is 0 Å². The number of aromatic nitrogens is 2. The van der Waals surface area contributed by atoms with Gasteiger partial charge in [0, 0.05) is 37.7 Å². The van der Waals surface area contributed by atoms with E-state index >= 15 is 0 Å². The molecule has 2 amide bonds. The van der Waals surface area contributed by atoms with Crippen LogP contribution in [0, 0.1) is 12.8 Å². The molecule has 2 heterocycles. The summed E-state index contributed by atoms with van der Waals surface area (Å²) in [4.78, 5) is 22.7. The van der Waals surface area contributed by atoms with E-state index in [2.05, 4.69) is 25.5 Å². The highest BCUT2D eigenvalue weighted by Crippen LogP contribution is 2.20. The van der Waals surface area contributed by atoms with Crippen LogP contribution in [0.4, 0.5) is 16.3 Å². The molecule has 126 valence electrons. The van der Waals surface area contributed by atoms with Crippen LogP contribution in [0.15, 0.2) is 42.9 Å². The SMILES string of the molecule is Cc1ccc(NC(=O)NCC2CCN(c3cnccn3)CC2)cc1. The minimum atomic E-state index is -0.143. The number of piperidine rings is 1. The number of carbonyl (C=O) groups excluding carboxylic acids is 1. The van der Waals surface area contributed by atoms with E-state index in [4.69, 9.17) is 0 Å². The van der Waals surface area contributed by atoms with E-state index in [0.29, 0.717) is 12.5 Å². The monoisotopic (exact) mass is 325 g/mol. The molecule has 0 bridgehead atoms. The van der Waals surface area contributed by atoms with Crippen LogP contribution in [0.25, 0.3) is 0 Å². The second kappa shape index (κ2) is 7.77. The molecular formula is C18H23N5O. The number of hydrogen-bond donors (Lipinski definition) is 2. The molecule has 0 spiro atoms. The molecule has 0 aliphatic carbocycles. The molecule has 0 saturated carbocycles. The number of nitrogens with zero attached hydrogens (tertiary/aromatic N) is 3. The highest BCUT2D eigenvalue weighted by atomic mass is 16.2. The molecule has 1 aliphatic heterocycles. The maximum Gasteiger partial charge on any atom is 0.319 e. The van der Waals surface area contributed by atoms with Gasteiger partial charge in [-0.1, -0.05) is 17.7 Å². The van der Waals surface area contributed by atoms with Gasteiger partial charge < -0.3 is 15.5 Å². The first-order valence-corrected chi connectivity index (χ1v) is 8.33. The summed E-state index contributed by atoms with van der Waals surface area (Å²) in [7, 11) is 0. The minimum Gasteiger partial charge on any atom is -0.355 e. The fourth-order valence-corrected chi connectivity index (χ4v) is 2.87. The van der Waals surface area contributed by atoms with Crippen molar-refractivity contribution in [3.63, 3.8) is 0 Å². The zero-order valence-electron chi connectivity index (χ0n) is 13.9. The van der Waals surface area contributed by atoms with Gasteiger partial charge in [0.25, 0.3) is 0 Å². The first-order valence-electron chi connectivity index (χ1n) is 8.33. The van der Waals surface area contributed by atoms with Gasteiger partial charge in [-0.15, -0.1) is 0 Å². The maximum atomic E-state index is 12.0. The van der Waals surface area contributed by atoms with Gasteiger partial charge in [0.05, 0.1) is 6.20 Å². The number of carbonyl (C=O) groups is 1. The molecule has 1 aliphatic rings. The van der Waals surface area contributed by atoms with Gasteiger partial charge >= 0.3 is 6.03 Å². The Balaban J connectivity index is 1.40. The van der Waals surface area contributed by atoms with Crippen LogP contribution in [-0.4, -0.2) is 35.6 Å². The van der Waals surface area contributed by atoms with E-state index < -0.39 is 0 Å². The molecule has 2 N–H and O–H groups in total. The molecule has 0 radical (unpaired) electrons. The number of hydrogen-bond acceptors (Lipinski definition) is 4. The highest BCUT2D eigenvalue weighted by Gasteiger charge is 2.20. The molecule has 2 aromatic rings. The third kappa shape index (κ3) is 4.44. The van der Waals surface area contributed by atoms with Crippen molar-refractivity contribution < 1.29 is 4.79 Å². The van der Waals surface area contributed by atoms with Crippen LogP contribution in [0.5, 0.6) is 0 Å². The van der Waals surface area contributed by atoms with E-state index in [0.717, 1.165) is 37.4 Å². The van der Waals surface area contributed by atoms with E-state index in [9.17, 15) is 4.79 Å². The fourth-order valence-electron chi connectivity index (χ4n) is 2.87. The van der Waals surface area contributed by atoms with Crippen molar-refractivity contribution in [1.82, 2.24) is 15.3 Å². The van der Waals surface area contributed by atoms with Gasteiger partial charge in [-0.2, -0.15) is 0 Å². The lowest BCUT2D eigenvalue weighted by molar-refractivity contribution is 0.248. The first kappa shape index (κ1) is 16.2. The summed E-state index contributed by atoms with van der Waals surface area (Å²) in [6, 6.07) is 7.65. The molecule has 0 atom stereocenters. The van der Waals surface area contributed by atoms with Crippen molar-refractivity contribution >= 4 is 17.5 Å². The lowest BCUT2D eigenvalue weighted by Crippen LogP contribution is -2.40. The second-order valence-corrected chi connectivity index (χ2v) is 6.20. The molecule has 1 saturated heterocycles. The van der Waals surface area contributed by atoms with E-state index in [1.54, 1.807) is 18.6 Å². The summed E-state index contributed by atoms with van der Waals surface area (Å²) in [5, 5.41) is 5.84. The Bertz CT molecular complexity index is 651.